The Kier molecular flexibility index (Phi) is 5.11. The predicted molar refractivity (Wildman–Crippen MR) is 79.7 cm³/mol. The van der Waals surface area contributed by atoms with Crippen LogP contribution in [0.2, 0.25) is 0 Å². The van der Waals surface area contributed by atoms with E-state index in [0.29, 0.717) is 29.6 Å². The number of primary amides is 1. The van der Waals surface area contributed by atoms with Crippen molar-refractivity contribution in [2.45, 2.75) is 12.8 Å². The van der Waals surface area contributed by atoms with E-state index in [1.807, 2.05) is 0 Å². The number of hydrogen-bond donors (Lipinski definition) is 3. The van der Waals surface area contributed by atoms with Crippen molar-refractivity contribution in [3.8, 4) is 0 Å². The molecule has 1 aromatic rings. The largest absolute Gasteiger partial charge is 0.366 e. The van der Waals surface area contributed by atoms with E-state index in [2.05, 4.69) is 10.2 Å². The topological polar surface area (TPSA) is 101 Å². The van der Waals surface area contributed by atoms with Gasteiger partial charge in [0.2, 0.25) is 5.91 Å². The number of carbonyl (C=O) groups is 2. The maximum absolute atomic E-state index is 12.0. The number of thiophene rings is 1. The number of piperidine rings is 1. The standard InChI is InChI=1S/C13H20N4O2S/c14-6-9-2-1-4-17(7-9)8-11(18)16-13-10(12(15)19)3-5-20-13/h3,5,9H,1-2,4,6-8,14H2,(H2,15,19)(H,16,18). The summed E-state index contributed by atoms with van der Waals surface area (Å²) < 4.78 is 0. The monoisotopic (exact) mass is 296 g/mol. The molecule has 0 aromatic carbocycles. The Hall–Kier alpha value is -1.44. The first-order valence-electron chi connectivity index (χ1n) is 6.69. The van der Waals surface area contributed by atoms with E-state index in [0.717, 1.165) is 25.9 Å². The van der Waals surface area contributed by atoms with Crippen LogP contribution in [0, 0.1) is 5.92 Å². The first-order chi connectivity index (χ1) is 9.60. The molecule has 2 heterocycles. The zero-order valence-corrected chi connectivity index (χ0v) is 12.1. The molecule has 2 amide bonds. The van der Waals surface area contributed by atoms with E-state index in [1.54, 1.807) is 11.4 Å². The summed E-state index contributed by atoms with van der Waals surface area (Å²) in [7, 11) is 0. The molecule has 1 aliphatic rings. The minimum absolute atomic E-state index is 0.118. The Morgan fingerprint density at radius 2 is 2.30 bits per heavy atom. The van der Waals surface area contributed by atoms with Gasteiger partial charge in [-0.05, 0) is 43.3 Å². The zero-order valence-electron chi connectivity index (χ0n) is 11.3. The number of nitrogens with one attached hydrogen (secondary N) is 1. The van der Waals surface area contributed by atoms with Crippen molar-refractivity contribution in [2.75, 3.05) is 31.5 Å². The fourth-order valence-corrected chi connectivity index (χ4v) is 3.27. The maximum Gasteiger partial charge on any atom is 0.251 e. The summed E-state index contributed by atoms with van der Waals surface area (Å²) in [5, 5.41) is 5.02. The number of likely N-dealkylation sites (tertiary alicyclic amines) is 1. The number of rotatable bonds is 5. The van der Waals surface area contributed by atoms with Gasteiger partial charge in [0.25, 0.3) is 5.91 Å². The minimum Gasteiger partial charge on any atom is -0.366 e. The first kappa shape index (κ1) is 15.0. The normalized spacial score (nSPS) is 19.8. The number of amides is 2. The van der Waals surface area contributed by atoms with Crippen LogP contribution < -0.4 is 16.8 Å². The smallest absolute Gasteiger partial charge is 0.251 e. The van der Waals surface area contributed by atoms with Gasteiger partial charge in [-0.2, -0.15) is 0 Å². The number of nitrogens with zero attached hydrogens (tertiary/aromatic N) is 1. The third-order valence-electron chi connectivity index (χ3n) is 3.49. The number of carbonyl (C=O) groups excluding carboxylic acids is 2. The summed E-state index contributed by atoms with van der Waals surface area (Å²) in [6.45, 7) is 2.76. The van der Waals surface area contributed by atoms with Crippen LogP contribution in [0.4, 0.5) is 5.00 Å². The van der Waals surface area contributed by atoms with Crippen LogP contribution in [0.3, 0.4) is 0 Å². The Balaban J connectivity index is 1.89. The molecule has 0 aliphatic carbocycles. The Labute approximate surface area is 122 Å². The van der Waals surface area contributed by atoms with Crippen LogP contribution >= 0.6 is 11.3 Å². The molecule has 1 aromatic heterocycles. The van der Waals surface area contributed by atoms with Crippen LogP contribution in [0.5, 0.6) is 0 Å². The first-order valence-corrected chi connectivity index (χ1v) is 7.57. The molecule has 20 heavy (non-hydrogen) atoms. The lowest BCUT2D eigenvalue weighted by Gasteiger charge is -2.31. The SMILES string of the molecule is NCC1CCCN(CC(=O)Nc2sccc2C(N)=O)C1. The second-order valence-electron chi connectivity index (χ2n) is 5.05. The van der Waals surface area contributed by atoms with Crippen LogP contribution in [-0.2, 0) is 4.79 Å². The molecule has 0 saturated carbocycles. The maximum atomic E-state index is 12.0. The molecule has 0 radical (unpaired) electrons. The van der Waals surface area contributed by atoms with Gasteiger partial charge in [-0.1, -0.05) is 0 Å². The average Bonchev–Trinajstić information content (AvgIpc) is 2.87. The lowest BCUT2D eigenvalue weighted by Crippen LogP contribution is -2.42. The average molecular weight is 296 g/mol. The molecule has 7 heteroatoms. The van der Waals surface area contributed by atoms with Gasteiger partial charge in [0.1, 0.15) is 5.00 Å². The van der Waals surface area contributed by atoms with Gasteiger partial charge in [-0.3, -0.25) is 14.5 Å². The van der Waals surface area contributed by atoms with Gasteiger partial charge >= 0.3 is 0 Å². The highest BCUT2D eigenvalue weighted by Crippen LogP contribution is 2.22. The Bertz CT molecular complexity index is 488. The Morgan fingerprint density at radius 1 is 1.50 bits per heavy atom. The van der Waals surface area contributed by atoms with Gasteiger partial charge in [-0.15, -0.1) is 11.3 Å². The van der Waals surface area contributed by atoms with Crippen molar-refractivity contribution >= 4 is 28.2 Å². The second kappa shape index (κ2) is 6.83. The highest BCUT2D eigenvalue weighted by atomic mass is 32.1. The molecule has 1 aliphatic heterocycles. The van der Waals surface area contributed by atoms with Crippen LogP contribution in [0.15, 0.2) is 11.4 Å². The minimum atomic E-state index is -0.525. The second-order valence-corrected chi connectivity index (χ2v) is 5.97. The van der Waals surface area contributed by atoms with Crippen LogP contribution in [0.1, 0.15) is 23.2 Å². The van der Waals surface area contributed by atoms with E-state index in [-0.39, 0.29) is 5.91 Å². The summed E-state index contributed by atoms with van der Waals surface area (Å²) >= 11 is 1.30. The van der Waals surface area contributed by atoms with Crippen molar-refractivity contribution in [1.29, 1.82) is 0 Å². The molecule has 1 unspecified atom stereocenters. The predicted octanol–water partition coefficient (Wildman–Crippen LogP) is 0.456. The third kappa shape index (κ3) is 3.78. The summed E-state index contributed by atoms with van der Waals surface area (Å²) in [6, 6.07) is 1.62. The van der Waals surface area contributed by atoms with Crippen LogP contribution in [-0.4, -0.2) is 42.9 Å². The molecule has 6 nitrogen and oxygen atoms in total. The quantitative estimate of drug-likeness (QED) is 0.734. The van der Waals surface area contributed by atoms with Gasteiger partial charge < -0.3 is 16.8 Å². The number of hydrogen-bond acceptors (Lipinski definition) is 5. The van der Waals surface area contributed by atoms with Crippen molar-refractivity contribution in [3.63, 3.8) is 0 Å². The number of nitrogens with two attached hydrogens (primary N) is 2. The van der Waals surface area contributed by atoms with Crippen molar-refractivity contribution < 1.29 is 9.59 Å². The molecular formula is C13H20N4O2S. The van der Waals surface area contributed by atoms with E-state index >= 15 is 0 Å². The van der Waals surface area contributed by atoms with Gasteiger partial charge in [0.05, 0.1) is 12.1 Å². The summed E-state index contributed by atoms with van der Waals surface area (Å²) in [5.41, 5.74) is 11.3. The summed E-state index contributed by atoms with van der Waals surface area (Å²) in [6.07, 6.45) is 2.20. The molecule has 5 N–H and O–H groups in total. The zero-order chi connectivity index (χ0) is 14.5. The fraction of sp³-hybridized carbons (Fsp3) is 0.538. The lowest BCUT2D eigenvalue weighted by atomic mass is 9.98. The molecule has 2 rings (SSSR count). The van der Waals surface area contributed by atoms with Gasteiger partial charge in [0, 0.05) is 6.54 Å². The summed E-state index contributed by atoms with van der Waals surface area (Å²) in [4.78, 5) is 25.3. The van der Waals surface area contributed by atoms with E-state index in [9.17, 15) is 9.59 Å². The molecular weight excluding hydrogens is 276 g/mol. The molecule has 0 spiro atoms. The molecule has 1 fully saturated rings. The molecule has 1 saturated heterocycles. The Morgan fingerprint density at radius 3 is 3.00 bits per heavy atom. The van der Waals surface area contributed by atoms with Gasteiger partial charge in [-0.25, -0.2) is 0 Å². The lowest BCUT2D eigenvalue weighted by molar-refractivity contribution is -0.117. The molecule has 0 bridgehead atoms. The highest BCUT2D eigenvalue weighted by molar-refractivity contribution is 7.14. The highest BCUT2D eigenvalue weighted by Gasteiger charge is 2.21. The van der Waals surface area contributed by atoms with Crippen molar-refractivity contribution in [2.24, 2.45) is 17.4 Å². The van der Waals surface area contributed by atoms with Gasteiger partial charge in [0.15, 0.2) is 0 Å². The van der Waals surface area contributed by atoms with E-state index < -0.39 is 5.91 Å². The number of anilines is 1. The van der Waals surface area contributed by atoms with Crippen molar-refractivity contribution in [1.82, 2.24) is 4.90 Å². The molecule has 1 atom stereocenters. The summed E-state index contributed by atoms with van der Waals surface area (Å²) in [5.74, 6) is -0.171. The van der Waals surface area contributed by atoms with E-state index in [1.165, 1.54) is 11.3 Å². The van der Waals surface area contributed by atoms with Crippen molar-refractivity contribution in [3.05, 3.63) is 17.0 Å². The molecule has 110 valence electrons. The van der Waals surface area contributed by atoms with Crippen LogP contribution in [0.25, 0.3) is 0 Å². The third-order valence-corrected chi connectivity index (χ3v) is 4.32. The van der Waals surface area contributed by atoms with E-state index in [4.69, 9.17) is 11.5 Å². The fourth-order valence-electron chi connectivity index (χ4n) is 2.46.